The molecular formula is C15H26N4O2. The topological polar surface area (TPSA) is 59.4 Å². The monoisotopic (exact) mass is 294 g/mol. The minimum atomic E-state index is -0.0265. The molecule has 2 heterocycles. The second-order valence-corrected chi connectivity index (χ2v) is 5.64. The van der Waals surface area contributed by atoms with Crippen molar-refractivity contribution in [3.63, 3.8) is 0 Å². The number of nitrogens with one attached hydrogen (secondary N) is 1. The van der Waals surface area contributed by atoms with Crippen LogP contribution in [0.15, 0.2) is 17.1 Å². The number of anilines is 1. The second-order valence-electron chi connectivity index (χ2n) is 5.64. The Hall–Kier alpha value is -1.40. The highest BCUT2D eigenvalue weighted by Crippen LogP contribution is 2.11. The summed E-state index contributed by atoms with van der Waals surface area (Å²) in [5.41, 5.74) is 0.873. The van der Waals surface area contributed by atoms with Gasteiger partial charge in [0, 0.05) is 25.7 Å². The van der Waals surface area contributed by atoms with Crippen LogP contribution in [0.25, 0.3) is 0 Å². The molecule has 0 aromatic carbocycles. The minimum absolute atomic E-state index is 0.0265. The fraction of sp³-hybridized carbons (Fsp3) is 0.733. The average Bonchev–Trinajstić information content (AvgIpc) is 2.50. The van der Waals surface area contributed by atoms with Crippen LogP contribution in [0, 0.1) is 5.92 Å². The van der Waals surface area contributed by atoms with Crippen LogP contribution in [-0.2, 0) is 11.3 Å². The zero-order chi connectivity index (χ0) is 15.1. The summed E-state index contributed by atoms with van der Waals surface area (Å²) in [4.78, 5) is 14.3. The largest absolute Gasteiger partial charge is 0.378 e. The molecule has 1 fully saturated rings. The molecule has 1 aromatic rings. The third-order valence-corrected chi connectivity index (χ3v) is 3.64. The quantitative estimate of drug-likeness (QED) is 0.751. The average molecular weight is 294 g/mol. The van der Waals surface area contributed by atoms with Gasteiger partial charge in [-0.2, -0.15) is 5.10 Å². The van der Waals surface area contributed by atoms with Crippen molar-refractivity contribution in [2.45, 2.75) is 26.8 Å². The molecule has 1 atom stereocenters. The number of hydrogen-bond donors (Lipinski definition) is 1. The molecule has 1 N–H and O–H groups in total. The summed E-state index contributed by atoms with van der Waals surface area (Å²) >= 11 is 0. The lowest BCUT2D eigenvalue weighted by Crippen LogP contribution is -2.38. The van der Waals surface area contributed by atoms with Gasteiger partial charge in [0.15, 0.2) is 0 Å². The van der Waals surface area contributed by atoms with E-state index >= 15 is 0 Å². The summed E-state index contributed by atoms with van der Waals surface area (Å²) in [6.07, 6.45) is 2.91. The lowest BCUT2D eigenvalue weighted by atomic mass is 10.2. The van der Waals surface area contributed by atoms with E-state index in [0.29, 0.717) is 25.7 Å². The molecule has 1 aliphatic rings. The van der Waals surface area contributed by atoms with Crippen LogP contribution in [0.4, 0.5) is 5.69 Å². The van der Waals surface area contributed by atoms with E-state index < -0.39 is 0 Å². The van der Waals surface area contributed by atoms with Crippen LogP contribution >= 0.6 is 0 Å². The van der Waals surface area contributed by atoms with Gasteiger partial charge in [-0.05, 0) is 25.4 Å². The number of ether oxygens (including phenoxy) is 1. The second kappa shape index (κ2) is 8.14. The molecule has 118 valence electrons. The molecule has 1 aliphatic heterocycles. The Kier molecular flexibility index (Phi) is 6.20. The fourth-order valence-electron chi connectivity index (χ4n) is 2.44. The van der Waals surface area contributed by atoms with E-state index in [1.807, 2.05) is 0 Å². The van der Waals surface area contributed by atoms with Gasteiger partial charge >= 0.3 is 0 Å². The van der Waals surface area contributed by atoms with E-state index in [9.17, 15) is 4.79 Å². The van der Waals surface area contributed by atoms with E-state index in [4.69, 9.17) is 4.74 Å². The molecule has 2 rings (SSSR count). The van der Waals surface area contributed by atoms with Crippen LogP contribution < -0.4 is 15.8 Å². The number of rotatable bonds is 7. The lowest BCUT2D eigenvalue weighted by molar-refractivity contribution is 0.122. The first-order valence-electron chi connectivity index (χ1n) is 7.81. The molecule has 0 bridgehead atoms. The van der Waals surface area contributed by atoms with Crippen molar-refractivity contribution in [3.8, 4) is 0 Å². The summed E-state index contributed by atoms with van der Waals surface area (Å²) in [5, 5.41) is 7.69. The maximum absolute atomic E-state index is 12.2. The maximum atomic E-state index is 12.2. The van der Waals surface area contributed by atoms with E-state index in [0.717, 1.165) is 38.3 Å². The fourth-order valence-corrected chi connectivity index (χ4v) is 2.44. The molecule has 21 heavy (non-hydrogen) atoms. The van der Waals surface area contributed by atoms with Crippen molar-refractivity contribution < 1.29 is 4.74 Å². The Morgan fingerprint density at radius 2 is 2.19 bits per heavy atom. The minimum Gasteiger partial charge on any atom is -0.378 e. The Morgan fingerprint density at radius 1 is 1.43 bits per heavy atom. The summed E-state index contributed by atoms with van der Waals surface area (Å²) in [7, 11) is 0. The molecule has 0 aliphatic carbocycles. The molecule has 1 unspecified atom stereocenters. The van der Waals surface area contributed by atoms with Crippen LogP contribution in [0.5, 0.6) is 0 Å². The van der Waals surface area contributed by atoms with Gasteiger partial charge < -0.3 is 15.0 Å². The SMILES string of the molecule is CCCNCC(C)Cn1ncc(N2CCOCC2)cc1=O. The molecule has 6 nitrogen and oxygen atoms in total. The molecule has 0 amide bonds. The van der Waals surface area contributed by atoms with Gasteiger partial charge in [-0.15, -0.1) is 0 Å². The number of hydrogen-bond acceptors (Lipinski definition) is 5. The van der Waals surface area contributed by atoms with Crippen LogP contribution in [-0.4, -0.2) is 49.2 Å². The Labute approximate surface area is 126 Å². The lowest BCUT2D eigenvalue weighted by Gasteiger charge is -2.28. The number of morpholine rings is 1. The summed E-state index contributed by atoms with van der Waals surface area (Å²) in [6.45, 7) is 9.92. The van der Waals surface area contributed by atoms with Gasteiger partial charge in [0.05, 0.1) is 25.1 Å². The number of aromatic nitrogens is 2. The predicted octanol–water partition coefficient (Wildman–Crippen LogP) is 0.716. The smallest absolute Gasteiger partial charge is 0.268 e. The Morgan fingerprint density at radius 3 is 2.86 bits per heavy atom. The standard InChI is InChI=1S/C15H26N4O2/c1-3-4-16-10-13(2)12-19-15(20)9-14(11-17-19)18-5-7-21-8-6-18/h9,11,13,16H,3-8,10,12H2,1-2H3. The van der Waals surface area contributed by atoms with E-state index in [2.05, 4.69) is 29.2 Å². The molecule has 1 saturated heterocycles. The molecular weight excluding hydrogens is 268 g/mol. The highest BCUT2D eigenvalue weighted by molar-refractivity contribution is 5.43. The van der Waals surface area contributed by atoms with E-state index in [1.165, 1.54) is 0 Å². The van der Waals surface area contributed by atoms with E-state index in [1.54, 1.807) is 16.9 Å². The Balaban J connectivity index is 1.94. The highest BCUT2D eigenvalue weighted by Gasteiger charge is 2.13. The zero-order valence-corrected chi connectivity index (χ0v) is 13.0. The Bertz CT molecular complexity index is 483. The third-order valence-electron chi connectivity index (χ3n) is 3.64. The van der Waals surface area contributed by atoms with Crippen molar-refractivity contribution in [1.29, 1.82) is 0 Å². The maximum Gasteiger partial charge on any atom is 0.268 e. The van der Waals surface area contributed by atoms with Crippen LogP contribution in [0.3, 0.4) is 0 Å². The van der Waals surface area contributed by atoms with Crippen molar-refractivity contribution in [1.82, 2.24) is 15.1 Å². The van der Waals surface area contributed by atoms with Gasteiger partial charge in [0.2, 0.25) is 0 Å². The first-order valence-corrected chi connectivity index (χ1v) is 7.81. The molecule has 0 saturated carbocycles. The van der Waals surface area contributed by atoms with Gasteiger partial charge in [0.1, 0.15) is 0 Å². The molecule has 0 spiro atoms. The van der Waals surface area contributed by atoms with Crippen molar-refractivity contribution in [2.75, 3.05) is 44.3 Å². The van der Waals surface area contributed by atoms with Gasteiger partial charge in [-0.25, -0.2) is 4.68 Å². The van der Waals surface area contributed by atoms with E-state index in [-0.39, 0.29) is 5.56 Å². The first-order chi connectivity index (χ1) is 10.2. The normalized spacial score (nSPS) is 17.0. The van der Waals surface area contributed by atoms with Gasteiger partial charge in [-0.3, -0.25) is 4.79 Å². The van der Waals surface area contributed by atoms with Crippen molar-refractivity contribution >= 4 is 5.69 Å². The molecule has 0 radical (unpaired) electrons. The van der Waals surface area contributed by atoms with Crippen LogP contribution in [0.1, 0.15) is 20.3 Å². The third kappa shape index (κ3) is 4.82. The zero-order valence-electron chi connectivity index (χ0n) is 13.0. The summed E-state index contributed by atoms with van der Waals surface area (Å²) < 4.78 is 6.88. The van der Waals surface area contributed by atoms with Gasteiger partial charge in [0.25, 0.3) is 5.56 Å². The predicted molar refractivity (Wildman–Crippen MR) is 83.9 cm³/mol. The van der Waals surface area contributed by atoms with Crippen molar-refractivity contribution in [3.05, 3.63) is 22.6 Å². The van der Waals surface area contributed by atoms with Crippen molar-refractivity contribution in [2.24, 2.45) is 5.92 Å². The van der Waals surface area contributed by atoms with Crippen LogP contribution in [0.2, 0.25) is 0 Å². The molecule has 6 heteroatoms. The first kappa shape index (κ1) is 16.0. The molecule has 1 aromatic heterocycles. The highest BCUT2D eigenvalue weighted by atomic mass is 16.5. The summed E-state index contributed by atoms with van der Waals surface area (Å²) in [6, 6.07) is 1.69. The van der Waals surface area contributed by atoms with Gasteiger partial charge in [-0.1, -0.05) is 13.8 Å². The summed E-state index contributed by atoms with van der Waals surface area (Å²) in [5.74, 6) is 0.385. The number of nitrogens with zero attached hydrogens (tertiary/aromatic N) is 3.